The molecule has 0 saturated carbocycles. The van der Waals surface area contributed by atoms with Gasteiger partial charge in [0.2, 0.25) is 0 Å². The van der Waals surface area contributed by atoms with Crippen LogP contribution in [-0.2, 0) is 6.42 Å². The smallest absolute Gasteiger partial charge is 0.348 e. The average molecular weight is 298 g/mol. The molecule has 22 heavy (non-hydrogen) atoms. The third-order valence-corrected chi connectivity index (χ3v) is 3.61. The first-order valence-electron chi connectivity index (χ1n) is 7.20. The first-order chi connectivity index (χ1) is 10.5. The van der Waals surface area contributed by atoms with Crippen molar-refractivity contribution >= 4 is 27.6 Å². The van der Waals surface area contributed by atoms with Crippen LogP contribution in [0.25, 0.3) is 21.7 Å². The molecular weight excluding hydrogens is 280 g/mol. The van der Waals surface area contributed by atoms with Gasteiger partial charge in [-0.25, -0.2) is 9.78 Å². The van der Waals surface area contributed by atoms with Gasteiger partial charge >= 0.3 is 5.63 Å². The lowest BCUT2D eigenvalue weighted by Crippen LogP contribution is -2.08. The van der Waals surface area contributed by atoms with Crippen molar-refractivity contribution in [2.45, 2.75) is 20.3 Å². The number of rotatable bonds is 3. The zero-order valence-corrected chi connectivity index (χ0v) is 12.8. The van der Waals surface area contributed by atoms with Crippen LogP contribution in [0.2, 0.25) is 0 Å². The Balaban J connectivity index is 2.44. The Kier molecular flexibility index (Phi) is 3.48. The van der Waals surface area contributed by atoms with Gasteiger partial charge in [0, 0.05) is 16.5 Å². The van der Waals surface area contributed by atoms with Crippen LogP contribution in [0.15, 0.2) is 33.5 Å². The third kappa shape index (κ3) is 2.28. The first kappa shape index (κ1) is 14.4. The number of methoxy groups -OCH3 is 1. The van der Waals surface area contributed by atoms with Crippen molar-refractivity contribution in [3.63, 3.8) is 0 Å². The van der Waals surface area contributed by atoms with E-state index >= 15 is 0 Å². The SMILES string of the molecule is COc1cccc2c1oc(=O)c1c(N)nc(CC(C)C)cc12. The van der Waals surface area contributed by atoms with Crippen LogP contribution in [0.5, 0.6) is 5.75 Å². The second-order valence-electron chi connectivity index (χ2n) is 5.75. The zero-order valence-electron chi connectivity index (χ0n) is 12.8. The quantitative estimate of drug-likeness (QED) is 0.593. The summed E-state index contributed by atoms with van der Waals surface area (Å²) in [6.07, 6.45) is 0.797. The van der Waals surface area contributed by atoms with Crippen LogP contribution in [0.4, 0.5) is 5.82 Å². The molecule has 5 nitrogen and oxygen atoms in total. The van der Waals surface area contributed by atoms with Gasteiger partial charge in [-0.05, 0) is 24.5 Å². The number of nitrogens with zero attached hydrogens (tertiary/aromatic N) is 1. The summed E-state index contributed by atoms with van der Waals surface area (Å²) in [5.74, 6) is 1.19. The molecule has 0 radical (unpaired) electrons. The number of hydrogen-bond acceptors (Lipinski definition) is 5. The van der Waals surface area contributed by atoms with Crippen LogP contribution >= 0.6 is 0 Å². The Morgan fingerprint density at radius 3 is 2.77 bits per heavy atom. The highest BCUT2D eigenvalue weighted by Crippen LogP contribution is 2.31. The Morgan fingerprint density at radius 2 is 2.09 bits per heavy atom. The molecule has 1 aromatic carbocycles. The van der Waals surface area contributed by atoms with E-state index in [0.717, 1.165) is 22.9 Å². The third-order valence-electron chi connectivity index (χ3n) is 3.61. The van der Waals surface area contributed by atoms with Gasteiger partial charge in [0.1, 0.15) is 11.2 Å². The molecule has 0 spiro atoms. The molecule has 0 amide bonds. The highest BCUT2D eigenvalue weighted by molar-refractivity contribution is 6.08. The standard InChI is InChI=1S/C17H18N2O3/c1-9(2)7-10-8-12-11-5-4-6-13(21-3)15(11)22-17(20)14(12)16(18)19-10/h4-6,8-9H,7H2,1-3H3,(H2,18,19). The van der Waals surface area contributed by atoms with Gasteiger partial charge in [0.25, 0.3) is 0 Å². The lowest BCUT2D eigenvalue weighted by Gasteiger charge is -2.10. The van der Waals surface area contributed by atoms with Crippen molar-refractivity contribution in [3.8, 4) is 5.75 Å². The number of nitrogen functional groups attached to an aromatic ring is 1. The van der Waals surface area contributed by atoms with E-state index in [-0.39, 0.29) is 5.82 Å². The number of hydrogen-bond donors (Lipinski definition) is 1. The molecule has 0 unspecified atom stereocenters. The van der Waals surface area contributed by atoms with E-state index in [1.807, 2.05) is 18.2 Å². The van der Waals surface area contributed by atoms with E-state index in [1.54, 1.807) is 13.2 Å². The average Bonchev–Trinajstić information content (AvgIpc) is 2.45. The van der Waals surface area contributed by atoms with Gasteiger partial charge in [-0.3, -0.25) is 0 Å². The van der Waals surface area contributed by atoms with Gasteiger partial charge in [0.05, 0.1) is 7.11 Å². The second-order valence-corrected chi connectivity index (χ2v) is 5.75. The maximum atomic E-state index is 12.3. The number of nitrogens with two attached hydrogens (primary N) is 1. The van der Waals surface area contributed by atoms with E-state index in [9.17, 15) is 4.79 Å². The highest BCUT2D eigenvalue weighted by atomic mass is 16.5. The molecule has 3 rings (SSSR count). The topological polar surface area (TPSA) is 78.3 Å². The molecule has 5 heteroatoms. The highest BCUT2D eigenvalue weighted by Gasteiger charge is 2.15. The number of anilines is 1. The van der Waals surface area contributed by atoms with Gasteiger partial charge in [-0.15, -0.1) is 0 Å². The minimum atomic E-state index is -0.493. The fourth-order valence-electron chi connectivity index (χ4n) is 2.71. The molecule has 0 aliphatic carbocycles. The van der Waals surface area contributed by atoms with Crippen LogP contribution in [0.3, 0.4) is 0 Å². The molecule has 0 saturated heterocycles. The van der Waals surface area contributed by atoms with Crippen LogP contribution < -0.4 is 16.1 Å². The molecule has 2 N–H and O–H groups in total. The lowest BCUT2D eigenvalue weighted by atomic mass is 10.0. The first-order valence-corrected chi connectivity index (χ1v) is 7.20. The fourth-order valence-corrected chi connectivity index (χ4v) is 2.71. The second kappa shape index (κ2) is 5.33. The Hall–Kier alpha value is -2.56. The fraction of sp³-hybridized carbons (Fsp3) is 0.294. The predicted molar refractivity (Wildman–Crippen MR) is 87.3 cm³/mol. The van der Waals surface area contributed by atoms with E-state index in [4.69, 9.17) is 14.9 Å². The number of fused-ring (bicyclic) bond motifs is 3. The lowest BCUT2D eigenvalue weighted by molar-refractivity contribution is 0.407. The molecule has 114 valence electrons. The van der Waals surface area contributed by atoms with Gasteiger partial charge in [0.15, 0.2) is 11.3 Å². The number of ether oxygens (including phenoxy) is 1. The summed E-state index contributed by atoms with van der Waals surface area (Å²) in [7, 11) is 1.55. The minimum Gasteiger partial charge on any atom is -0.493 e. The van der Waals surface area contributed by atoms with Crippen molar-refractivity contribution in [1.29, 1.82) is 0 Å². The summed E-state index contributed by atoms with van der Waals surface area (Å²) in [5.41, 5.74) is 6.80. The minimum absolute atomic E-state index is 0.214. The van der Waals surface area contributed by atoms with Crippen LogP contribution in [0.1, 0.15) is 19.5 Å². The van der Waals surface area contributed by atoms with E-state index in [1.165, 1.54) is 0 Å². The monoisotopic (exact) mass is 298 g/mol. The molecule has 3 aromatic rings. The van der Waals surface area contributed by atoms with E-state index in [2.05, 4.69) is 18.8 Å². The van der Waals surface area contributed by atoms with Crippen molar-refractivity contribution in [1.82, 2.24) is 4.98 Å². The maximum Gasteiger partial charge on any atom is 0.348 e. The van der Waals surface area contributed by atoms with Gasteiger partial charge in [-0.2, -0.15) is 0 Å². The number of para-hydroxylation sites is 1. The summed E-state index contributed by atoms with van der Waals surface area (Å²) in [6, 6.07) is 7.43. The number of benzene rings is 1. The normalized spacial score (nSPS) is 11.5. The maximum absolute atomic E-state index is 12.3. The van der Waals surface area contributed by atoms with Crippen molar-refractivity contribution in [3.05, 3.63) is 40.4 Å². The largest absolute Gasteiger partial charge is 0.493 e. The van der Waals surface area contributed by atoms with E-state index in [0.29, 0.717) is 22.6 Å². The molecule has 0 fully saturated rings. The van der Waals surface area contributed by atoms with Gasteiger partial charge < -0.3 is 14.9 Å². The molecule has 0 aliphatic heterocycles. The van der Waals surface area contributed by atoms with Gasteiger partial charge in [-0.1, -0.05) is 26.0 Å². The predicted octanol–water partition coefficient (Wildman–Crippen LogP) is 3.13. The Morgan fingerprint density at radius 1 is 1.32 bits per heavy atom. The summed E-state index contributed by atoms with van der Waals surface area (Å²) >= 11 is 0. The van der Waals surface area contributed by atoms with Crippen LogP contribution in [0, 0.1) is 5.92 Å². The Labute approximate surface area is 127 Å². The molecule has 0 aliphatic rings. The Bertz CT molecular complexity index is 913. The van der Waals surface area contributed by atoms with Crippen molar-refractivity contribution in [2.75, 3.05) is 12.8 Å². The molecule has 0 atom stereocenters. The summed E-state index contributed by atoms with van der Waals surface area (Å²) < 4.78 is 10.7. The molecule has 2 heterocycles. The zero-order chi connectivity index (χ0) is 15.9. The van der Waals surface area contributed by atoms with Crippen LogP contribution in [-0.4, -0.2) is 12.1 Å². The molecular formula is C17H18N2O3. The molecule has 0 bridgehead atoms. The molecule has 2 aromatic heterocycles. The number of aromatic nitrogens is 1. The van der Waals surface area contributed by atoms with Crippen molar-refractivity contribution < 1.29 is 9.15 Å². The van der Waals surface area contributed by atoms with E-state index < -0.39 is 5.63 Å². The summed E-state index contributed by atoms with van der Waals surface area (Å²) in [5, 5.41) is 1.88. The summed E-state index contributed by atoms with van der Waals surface area (Å²) in [6.45, 7) is 4.23. The summed E-state index contributed by atoms with van der Waals surface area (Å²) in [4.78, 5) is 16.6. The number of pyridine rings is 1. The van der Waals surface area contributed by atoms with Crippen molar-refractivity contribution in [2.24, 2.45) is 5.92 Å².